The zero-order valence-electron chi connectivity index (χ0n) is 13.5. The lowest BCUT2D eigenvalue weighted by Crippen LogP contribution is -2.36. The van der Waals surface area contributed by atoms with E-state index in [0.717, 1.165) is 22.2 Å². The fourth-order valence-corrected chi connectivity index (χ4v) is 4.98. The van der Waals surface area contributed by atoms with Gasteiger partial charge in [0.1, 0.15) is 4.83 Å². The van der Waals surface area contributed by atoms with Crippen LogP contribution in [-0.4, -0.2) is 39.8 Å². The van der Waals surface area contributed by atoms with Crippen molar-refractivity contribution in [3.63, 3.8) is 0 Å². The van der Waals surface area contributed by atoms with Crippen LogP contribution in [0.15, 0.2) is 34.1 Å². The molecule has 0 aromatic carbocycles. The molecule has 3 rings (SSSR count). The Morgan fingerprint density at radius 3 is 3.17 bits per heavy atom. The zero-order valence-corrected chi connectivity index (χ0v) is 15.2. The molecule has 1 saturated heterocycles. The van der Waals surface area contributed by atoms with E-state index in [1.165, 1.54) is 37.1 Å². The number of piperidine rings is 1. The number of hydrogen-bond donors (Lipinski definition) is 0. The molecule has 1 aliphatic heterocycles. The number of thioether (sulfide) groups is 1. The molecule has 0 spiro atoms. The second-order valence-electron chi connectivity index (χ2n) is 6.01. The molecule has 23 heavy (non-hydrogen) atoms. The number of thiophene rings is 1. The summed E-state index contributed by atoms with van der Waals surface area (Å²) in [5.74, 6) is 0.996. The average molecular weight is 350 g/mol. The molecule has 1 aliphatic rings. The molecule has 4 nitrogen and oxygen atoms in total. The number of aromatic nitrogens is 2. The normalized spacial score (nSPS) is 19.3. The highest BCUT2D eigenvalue weighted by molar-refractivity contribution is 7.99. The van der Waals surface area contributed by atoms with Crippen molar-refractivity contribution in [2.75, 3.05) is 19.3 Å². The van der Waals surface area contributed by atoms with Crippen LogP contribution in [0.2, 0.25) is 0 Å². The molecule has 2 aromatic rings. The fraction of sp³-hybridized carbons (Fsp3) is 0.529. The molecule has 0 bridgehead atoms. The summed E-state index contributed by atoms with van der Waals surface area (Å²) in [5.41, 5.74) is 0.0495. The van der Waals surface area contributed by atoms with Crippen molar-refractivity contribution < 1.29 is 0 Å². The van der Waals surface area contributed by atoms with E-state index in [1.54, 1.807) is 22.4 Å². The Kier molecular flexibility index (Phi) is 5.56. The number of likely N-dealkylation sites (tertiary alicyclic amines) is 1. The molecular formula is C17H23N3OS2. The van der Waals surface area contributed by atoms with Crippen LogP contribution in [0.25, 0.3) is 10.2 Å². The summed E-state index contributed by atoms with van der Waals surface area (Å²) >= 11 is 3.23. The minimum Gasteiger partial charge on any atom is -0.303 e. The van der Waals surface area contributed by atoms with Crippen molar-refractivity contribution in [3.05, 3.63) is 34.5 Å². The average Bonchev–Trinajstić information content (AvgIpc) is 3.01. The van der Waals surface area contributed by atoms with Crippen LogP contribution in [0.3, 0.4) is 0 Å². The minimum absolute atomic E-state index is 0.0495. The Morgan fingerprint density at radius 1 is 1.52 bits per heavy atom. The van der Waals surface area contributed by atoms with Crippen molar-refractivity contribution in [2.45, 2.75) is 43.4 Å². The molecule has 0 amide bonds. The molecule has 1 fully saturated rings. The number of nitrogens with zero attached hydrogens (tertiary/aromatic N) is 3. The van der Waals surface area contributed by atoms with E-state index >= 15 is 0 Å². The van der Waals surface area contributed by atoms with Crippen molar-refractivity contribution in [1.82, 2.24) is 14.5 Å². The van der Waals surface area contributed by atoms with Gasteiger partial charge in [0.05, 0.1) is 5.39 Å². The van der Waals surface area contributed by atoms with Crippen LogP contribution >= 0.6 is 23.1 Å². The summed E-state index contributed by atoms with van der Waals surface area (Å²) < 4.78 is 1.75. The Hall–Kier alpha value is -1.11. The first-order valence-electron chi connectivity index (χ1n) is 8.12. The molecule has 1 unspecified atom stereocenters. The first-order valence-corrected chi connectivity index (χ1v) is 9.99. The molecule has 0 aliphatic carbocycles. The topological polar surface area (TPSA) is 38.1 Å². The molecule has 2 aromatic heterocycles. The quantitative estimate of drug-likeness (QED) is 0.454. The largest absolute Gasteiger partial charge is 0.303 e. The maximum Gasteiger partial charge on any atom is 0.263 e. The summed E-state index contributed by atoms with van der Waals surface area (Å²) in [6, 6.07) is 2.53. The van der Waals surface area contributed by atoms with Gasteiger partial charge >= 0.3 is 0 Å². The van der Waals surface area contributed by atoms with E-state index in [-0.39, 0.29) is 5.56 Å². The van der Waals surface area contributed by atoms with Gasteiger partial charge < -0.3 is 4.90 Å². The summed E-state index contributed by atoms with van der Waals surface area (Å²) in [4.78, 5) is 20.6. The van der Waals surface area contributed by atoms with Crippen molar-refractivity contribution in [2.24, 2.45) is 0 Å². The van der Waals surface area contributed by atoms with E-state index < -0.39 is 0 Å². The van der Waals surface area contributed by atoms with Gasteiger partial charge in [-0.3, -0.25) is 9.36 Å². The third-order valence-electron chi connectivity index (χ3n) is 4.46. The molecule has 3 heterocycles. The predicted octanol–water partition coefficient (Wildman–Crippen LogP) is 3.61. The molecular weight excluding hydrogens is 326 g/mol. The third kappa shape index (κ3) is 3.70. The SMILES string of the molecule is C=CCn1c(SCCC2CCCCN2C)nc2sccc2c1=O. The van der Waals surface area contributed by atoms with Crippen LogP contribution in [-0.2, 0) is 6.54 Å². The van der Waals surface area contributed by atoms with Gasteiger partial charge in [-0.25, -0.2) is 4.98 Å². The standard InChI is InChI=1S/C17H23N3OS2/c1-3-9-20-16(21)14-8-12-22-15(14)18-17(20)23-11-7-13-6-4-5-10-19(13)2/h3,8,12-13H,1,4-7,9-11H2,2H3. The highest BCUT2D eigenvalue weighted by atomic mass is 32.2. The van der Waals surface area contributed by atoms with Gasteiger partial charge in [0.25, 0.3) is 5.56 Å². The van der Waals surface area contributed by atoms with Gasteiger partial charge in [0.2, 0.25) is 0 Å². The van der Waals surface area contributed by atoms with Crippen LogP contribution in [0.4, 0.5) is 0 Å². The van der Waals surface area contributed by atoms with E-state index in [1.807, 2.05) is 11.4 Å². The summed E-state index contributed by atoms with van der Waals surface area (Å²) in [6.07, 6.45) is 6.84. The van der Waals surface area contributed by atoms with E-state index in [0.29, 0.717) is 18.0 Å². The van der Waals surface area contributed by atoms with Crippen molar-refractivity contribution in [3.8, 4) is 0 Å². The number of allylic oxidation sites excluding steroid dienone is 1. The van der Waals surface area contributed by atoms with E-state index in [2.05, 4.69) is 18.5 Å². The van der Waals surface area contributed by atoms with Gasteiger partial charge in [-0.1, -0.05) is 24.3 Å². The molecule has 6 heteroatoms. The van der Waals surface area contributed by atoms with Crippen LogP contribution < -0.4 is 5.56 Å². The summed E-state index contributed by atoms with van der Waals surface area (Å²) in [5, 5.41) is 3.47. The highest BCUT2D eigenvalue weighted by Gasteiger charge is 2.19. The van der Waals surface area contributed by atoms with Crippen LogP contribution in [0.1, 0.15) is 25.7 Å². The Labute approximate surface area is 145 Å². The molecule has 0 radical (unpaired) electrons. The fourth-order valence-electron chi connectivity index (χ4n) is 3.13. The Morgan fingerprint density at radius 2 is 2.39 bits per heavy atom. The lowest BCUT2D eigenvalue weighted by atomic mass is 10.0. The molecule has 1 atom stereocenters. The maximum absolute atomic E-state index is 12.6. The number of fused-ring (bicyclic) bond motifs is 1. The monoisotopic (exact) mass is 349 g/mol. The zero-order chi connectivity index (χ0) is 16.2. The minimum atomic E-state index is 0.0495. The number of hydrogen-bond acceptors (Lipinski definition) is 5. The predicted molar refractivity (Wildman–Crippen MR) is 99.7 cm³/mol. The molecule has 0 saturated carbocycles. The second kappa shape index (κ2) is 7.64. The Bertz CT molecular complexity index is 737. The van der Waals surface area contributed by atoms with Crippen molar-refractivity contribution >= 4 is 33.3 Å². The van der Waals surface area contributed by atoms with Gasteiger partial charge in [0.15, 0.2) is 5.16 Å². The van der Waals surface area contributed by atoms with Gasteiger partial charge in [0, 0.05) is 18.3 Å². The van der Waals surface area contributed by atoms with Gasteiger partial charge in [-0.2, -0.15) is 0 Å². The third-order valence-corrected chi connectivity index (χ3v) is 6.28. The van der Waals surface area contributed by atoms with Gasteiger partial charge in [-0.05, 0) is 44.3 Å². The molecule has 0 N–H and O–H groups in total. The lowest BCUT2D eigenvalue weighted by molar-refractivity contribution is 0.182. The second-order valence-corrected chi connectivity index (χ2v) is 7.96. The first-order chi connectivity index (χ1) is 11.2. The van der Waals surface area contributed by atoms with Gasteiger partial charge in [-0.15, -0.1) is 17.9 Å². The highest BCUT2D eigenvalue weighted by Crippen LogP contribution is 2.24. The van der Waals surface area contributed by atoms with Crippen LogP contribution in [0.5, 0.6) is 0 Å². The molecule has 124 valence electrons. The Balaban J connectivity index is 1.74. The van der Waals surface area contributed by atoms with Crippen molar-refractivity contribution in [1.29, 1.82) is 0 Å². The smallest absolute Gasteiger partial charge is 0.263 e. The van der Waals surface area contributed by atoms with E-state index in [9.17, 15) is 4.79 Å². The maximum atomic E-state index is 12.6. The summed E-state index contributed by atoms with van der Waals surface area (Å²) in [6.45, 7) is 5.49. The summed E-state index contributed by atoms with van der Waals surface area (Å²) in [7, 11) is 2.22. The van der Waals surface area contributed by atoms with E-state index in [4.69, 9.17) is 4.98 Å². The first kappa shape index (κ1) is 16.7. The lowest BCUT2D eigenvalue weighted by Gasteiger charge is -2.32. The van der Waals surface area contributed by atoms with Crippen LogP contribution in [0, 0.1) is 0 Å². The number of rotatable bonds is 6.